The van der Waals surface area contributed by atoms with Gasteiger partial charge in [-0.15, -0.1) is 0 Å². The summed E-state index contributed by atoms with van der Waals surface area (Å²) in [6.45, 7) is 0. The van der Waals surface area contributed by atoms with E-state index in [1.807, 2.05) is 6.07 Å². The number of hydrogen-bond acceptors (Lipinski definition) is 4. The minimum absolute atomic E-state index is 0.140. The number of benzene rings is 1. The lowest BCUT2D eigenvalue weighted by Gasteiger charge is -2.08. The van der Waals surface area contributed by atoms with Crippen molar-refractivity contribution in [3.8, 4) is 6.07 Å². The molecule has 0 radical (unpaired) electrons. The highest BCUT2D eigenvalue weighted by Gasteiger charge is 2.07. The minimum atomic E-state index is -1.16. The summed E-state index contributed by atoms with van der Waals surface area (Å²) in [5.41, 5.74) is 0.626. The van der Waals surface area contributed by atoms with E-state index in [-0.39, 0.29) is 16.9 Å². The van der Waals surface area contributed by atoms with Crippen LogP contribution in [0.5, 0.6) is 0 Å². The fraction of sp³-hybridized carbons (Fsp3) is 0. The molecule has 1 aromatic heterocycles. The molecule has 2 aromatic rings. The SMILES string of the molecule is N#Cc1ccc(Nc2ccnc(C(=O)O)c2)c(F)c1. The van der Waals surface area contributed by atoms with Crippen molar-refractivity contribution in [1.29, 1.82) is 5.26 Å². The second-order valence-corrected chi connectivity index (χ2v) is 3.67. The smallest absolute Gasteiger partial charge is 0.354 e. The lowest BCUT2D eigenvalue weighted by molar-refractivity contribution is 0.0690. The highest BCUT2D eigenvalue weighted by Crippen LogP contribution is 2.21. The van der Waals surface area contributed by atoms with E-state index in [1.54, 1.807) is 0 Å². The average Bonchev–Trinajstić information content (AvgIpc) is 2.41. The number of aromatic nitrogens is 1. The molecular weight excluding hydrogens is 249 g/mol. The zero-order valence-corrected chi connectivity index (χ0v) is 9.59. The van der Waals surface area contributed by atoms with Gasteiger partial charge in [0.1, 0.15) is 11.5 Å². The van der Waals surface area contributed by atoms with Gasteiger partial charge < -0.3 is 10.4 Å². The molecule has 0 amide bonds. The van der Waals surface area contributed by atoms with Crippen molar-refractivity contribution in [2.75, 3.05) is 5.32 Å². The molecule has 0 bridgehead atoms. The molecule has 2 N–H and O–H groups in total. The van der Waals surface area contributed by atoms with Gasteiger partial charge in [-0.1, -0.05) is 0 Å². The molecule has 0 atom stereocenters. The highest BCUT2D eigenvalue weighted by molar-refractivity contribution is 5.86. The van der Waals surface area contributed by atoms with Crippen LogP contribution in [-0.4, -0.2) is 16.1 Å². The van der Waals surface area contributed by atoms with E-state index >= 15 is 0 Å². The lowest BCUT2D eigenvalue weighted by atomic mass is 10.2. The first-order valence-corrected chi connectivity index (χ1v) is 5.26. The molecule has 6 heteroatoms. The summed E-state index contributed by atoms with van der Waals surface area (Å²) in [5, 5.41) is 20.2. The molecule has 2 rings (SSSR count). The van der Waals surface area contributed by atoms with Crippen molar-refractivity contribution in [2.45, 2.75) is 0 Å². The number of nitrogens with one attached hydrogen (secondary N) is 1. The van der Waals surface area contributed by atoms with Crippen molar-refractivity contribution in [1.82, 2.24) is 4.98 Å². The summed E-state index contributed by atoms with van der Waals surface area (Å²) in [6.07, 6.45) is 1.31. The van der Waals surface area contributed by atoms with Gasteiger partial charge in [0.2, 0.25) is 0 Å². The number of nitrogens with zero attached hydrogens (tertiary/aromatic N) is 2. The Morgan fingerprint density at radius 3 is 2.79 bits per heavy atom. The van der Waals surface area contributed by atoms with Crippen molar-refractivity contribution in [3.05, 3.63) is 53.6 Å². The molecule has 1 heterocycles. The van der Waals surface area contributed by atoms with Crippen LogP contribution in [0.25, 0.3) is 0 Å². The molecule has 0 saturated heterocycles. The fourth-order valence-electron chi connectivity index (χ4n) is 1.47. The Balaban J connectivity index is 2.29. The number of pyridine rings is 1. The molecule has 0 aliphatic heterocycles. The Kier molecular flexibility index (Phi) is 3.39. The van der Waals surface area contributed by atoms with Crippen LogP contribution in [-0.2, 0) is 0 Å². The number of halogens is 1. The molecule has 94 valence electrons. The van der Waals surface area contributed by atoms with Gasteiger partial charge in [0.15, 0.2) is 0 Å². The number of nitriles is 1. The second-order valence-electron chi connectivity index (χ2n) is 3.67. The molecule has 0 aliphatic rings. The molecule has 0 fully saturated rings. The van der Waals surface area contributed by atoms with E-state index in [4.69, 9.17) is 10.4 Å². The Morgan fingerprint density at radius 1 is 1.37 bits per heavy atom. The van der Waals surface area contributed by atoms with Crippen LogP contribution in [0.15, 0.2) is 36.5 Å². The molecule has 1 aromatic carbocycles. The van der Waals surface area contributed by atoms with Crippen LogP contribution in [0.3, 0.4) is 0 Å². The maximum atomic E-state index is 13.6. The summed E-state index contributed by atoms with van der Waals surface area (Å²) >= 11 is 0. The van der Waals surface area contributed by atoms with Crippen LogP contribution < -0.4 is 5.32 Å². The van der Waals surface area contributed by atoms with E-state index in [0.29, 0.717) is 5.69 Å². The van der Waals surface area contributed by atoms with E-state index in [0.717, 1.165) is 6.07 Å². The van der Waals surface area contributed by atoms with Gasteiger partial charge in [-0.3, -0.25) is 0 Å². The zero-order chi connectivity index (χ0) is 13.8. The van der Waals surface area contributed by atoms with Crippen molar-refractivity contribution in [3.63, 3.8) is 0 Å². The van der Waals surface area contributed by atoms with Crippen molar-refractivity contribution >= 4 is 17.3 Å². The van der Waals surface area contributed by atoms with Gasteiger partial charge in [0.25, 0.3) is 0 Å². The number of rotatable bonds is 3. The van der Waals surface area contributed by atoms with Crippen LogP contribution >= 0.6 is 0 Å². The van der Waals surface area contributed by atoms with Gasteiger partial charge in [-0.25, -0.2) is 14.2 Å². The maximum Gasteiger partial charge on any atom is 0.354 e. The standard InChI is InChI=1S/C13H8FN3O2/c14-10-5-8(7-15)1-2-11(10)17-9-3-4-16-12(6-9)13(18)19/h1-6H,(H,16,17)(H,18,19). The van der Waals surface area contributed by atoms with Crippen LogP contribution in [0.4, 0.5) is 15.8 Å². The van der Waals surface area contributed by atoms with Crippen LogP contribution in [0, 0.1) is 17.1 Å². The number of hydrogen-bond donors (Lipinski definition) is 2. The Hall–Kier alpha value is -2.94. The third-order valence-corrected chi connectivity index (χ3v) is 2.36. The van der Waals surface area contributed by atoms with Gasteiger partial charge >= 0.3 is 5.97 Å². The van der Waals surface area contributed by atoms with E-state index in [9.17, 15) is 9.18 Å². The van der Waals surface area contributed by atoms with Gasteiger partial charge in [-0.2, -0.15) is 5.26 Å². The Labute approximate surface area is 108 Å². The van der Waals surface area contributed by atoms with Crippen molar-refractivity contribution in [2.24, 2.45) is 0 Å². The first kappa shape index (κ1) is 12.5. The number of aromatic carboxylic acids is 1. The van der Waals surface area contributed by atoms with E-state index < -0.39 is 11.8 Å². The number of anilines is 2. The van der Waals surface area contributed by atoms with Crippen molar-refractivity contribution < 1.29 is 14.3 Å². The Morgan fingerprint density at radius 2 is 2.16 bits per heavy atom. The zero-order valence-electron chi connectivity index (χ0n) is 9.59. The van der Waals surface area contributed by atoms with E-state index in [1.165, 1.54) is 30.5 Å². The highest BCUT2D eigenvalue weighted by atomic mass is 19.1. The number of carboxylic acid groups (broad SMARTS) is 1. The largest absolute Gasteiger partial charge is 0.477 e. The molecule has 0 saturated carbocycles. The third-order valence-electron chi connectivity index (χ3n) is 2.36. The average molecular weight is 257 g/mol. The van der Waals surface area contributed by atoms with Gasteiger partial charge in [0.05, 0.1) is 17.3 Å². The molecule has 19 heavy (non-hydrogen) atoms. The molecule has 0 spiro atoms. The molecule has 5 nitrogen and oxygen atoms in total. The topological polar surface area (TPSA) is 86.0 Å². The molecule has 0 aliphatic carbocycles. The summed E-state index contributed by atoms with van der Waals surface area (Å²) < 4.78 is 13.6. The number of carboxylic acids is 1. The summed E-state index contributed by atoms with van der Waals surface area (Å²) in [5.74, 6) is -1.75. The monoisotopic (exact) mass is 257 g/mol. The second kappa shape index (κ2) is 5.14. The summed E-state index contributed by atoms with van der Waals surface area (Å²) in [6, 6.07) is 8.61. The quantitative estimate of drug-likeness (QED) is 0.882. The lowest BCUT2D eigenvalue weighted by Crippen LogP contribution is -2.01. The van der Waals surface area contributed by atoms with Crippen LogP contribution in [0.1, 0.15) is 16.1 Å². The summed E-state index contributed by atoms with van der Waals surface area (Å²) in [4.78, 5) is 14.4. The van der Waals surface area contributed by atoms with Gasteiger partial charge in [0, 0.05) is 11.9 Å². The third kappa shape index (κ3) is 2.84. The summed E-state index contributed by atoms with van der Waals surface area (Å²) in [7, 11) is 0. The fourth-order valence-corrected chi connectivity index (χ4v) is 1.47. The minimum Gasteiger partial charge on any atom is -0.477 e. The molecular formula is C13H8FN3O2. The normalized spacial score (nSPS) is 9.68. The van der Waals surface area contributed by atoms with Crippen LogP contribution in [0.2, 0.25) is 0 Å². The number of carbonyl (C=O) groups is 1. The van der Waals surface area contributed by atoms with E-state index in [2.05, 4.69) is 10.3 Å². The predicted molar refractivity (Wildman–Crippen MR) is 65.6 cm³/mol. The first-order valence-electron chi connectivity index (χ1n) is 5.26. The predicted octanol–water partition coefficient (Wildman–Crippen LogP) is 2.53. The van der Waals surface area contributed by atoms with Gasteiger partial charge in [-0.05, 0) is 30.3 Å². The molecule has 0 unspecified atom stereocenters. The maximum absolute atomic E-state index is 13.6. The Bertz CT molecular complexity index is 680. The first-order chi connectivity index (χ1) is 9.10.